The van der Waals surface area contributed by atoms with E-state index in [0.717, 1.165) is 31.9 Å². The van der Waals surface area contributed by atoms with Crippen LogP contribution < -0.4 is 10.1 Å². The van der Waals surface area contributed by atoms with Crippen molar-refractivity contribution < 1.29 is 17.9 Å². The Morgan fingerprint density at radius 3 is 2.54 bits per heavy atom. The van der Waals surface area contributed by atoms with Crippen molar-refractivity contribution in [3.05, 3.63) is 41.0 Å². The molecule has 0 amide bonds. The van der Waals surface area contributed by atoms with Crippen molar-refractivity contribution in [2.75, 3.05) is 5.32 Å². The van der Waals surface area contributed by atoms with Crippen LogP contribution in [0.2, 0.25) is 5.02 Å². The maximum absolute atomic E-state index is 13.1. The van der Waals surface area contributed by atoms with Gasteiger partial charge in [0.05, 0.1) is 10.7 Å². The predicted octanol–water partition coefficient (Wildman–Crippen LogP) is 5.21. The minimum Gasteiger partial charge on any atom is -0.474 e. The Balaban J connectivity index is 1.89. The average Bonchev–Trinajstić information content (AvgIpc) is 3.02. The van der Waals surface area contributed by atoms with Gasteiger partial charge in [-0.25, -0.2) is 4.98 Å². The fraction of sp³-hybridized carbons (Fsp3) is 0.375. The number of nitrogens with zero attached hydrogens (tertiary/aromatic N) is 2. The molecule has 1 N–H and O–H groups in total. The quantitative estimate of drug-likeness (QED) is 0.815. The molecule has 0 aliphatic heterocycles. The maximum atomic E-state index is 13.1. The van der Waals surface area contributed by atoms with Gasteiger partial charge in [0.1, 0.15) is 11.7 Å². The van der Waals surface area contributed by atoms with Crippen molar-refractivity contribution in [3.63, 3.8) is 0 Å². The predicted molar refractivity (Wildman–Crippen MR) is 84.7 cm³/mol. The Kier molecular flexibility index (Phi) is 4.80. The van der Waals surface area contributed by atoms with Crippen molar-refractivity contribution in [1.82, 2.24) is 9.97 Å². The summed E-state index contributed by atoms with van der Waals surface area (Å²) < 4.78 is 44.9. The topological polar surface area (TPSA) is 47.0 Å². The van der Waals surface area contributed by atoms with Gasteiger partial charge in [-0.2, -0.15) is 18.2 Å². The summed E-state index contributed by atoms with van der Waals surface area (Å²) in [6, 6.07) is 6.83. The van der Waals surface area contributed by atoms with Crippen molar-refractivity contribution in [2.45, 2.75) is 38.0 Å². The Morgan fingerprint density at radius 1 is 1.17 bits per heavy atom. The van der Waals surface area contributed by atoms with Gasteiger partial charge in [-0.15, -0.1) is 0 Å². The molecule has 1 fully saturated rings. The molecule has 4 nitrogen and oxygen atoms in total. The Labute approximate surface area is 142 Å². The monoisotopic (exact) mass is 357 g/mol. The first-order valence-corrected chi connectivity index (χ1v) is 7.94. The standard InChI is InChI=1S/C16H15ClF3N3O/c17-12-7-3-4-8-13(12)22-15-21-9-11(16(18,19)20)14(23-15)24-10-5-1-2-6-10/h3-4,7-10H,1-2,5-6H2,(H,21,22,23). The molecule has 3 rings (SSSR count). The maximum Gasteiger partial charge on any atom is 0.423 e. The largest absolute Gasteiger partial charge is 0.474 e. The summed E-state index contributed by atoms with van der Waals surface area (Å²) in [4.78, 5) is 7.65. The van der Waals surface area contributed by atoms with E-state index in [2.05, 4.69) is 15.3 Å². The number of nitrogens with one attached hydrogen (secondary N) is 1. The van der Waals surface area contributed by atoms with Crippen molar-refractivity contribution >= 4 is 23.2 Å². The molecule has 0 unspecified atom stereocenters. The number of benzene rings is 1. The number of ether oxygens (including phenoxy) is 1. The van der Waals surface area contributed by atoms with Gasteiger partial charge < -0.3 is 10.1 Å². The molecule has 1 heterocycles. The van der Waals surface area contributed by atoms with E-state index in [1.54, 1.807) is 24.3 Å². The molecular weight excluding hydrogens is 343 g/mol. The summed E-state index contributed by atoms with van der Waals surface area (Å²) in [6.07, 6.45) is -0.727. The van der Waals surface area contributed by atoms with E-state index < -0.39 is 17.6 Å². The van der Waals surface area contributed by atoms with Gasteiger partial charge in [-0.1, -0.05) is 23.7 Å². The molecule has 1 aliphatic carbocycles. The van der Waals surface area contributed by atoms with Gasteiger partial charge in [0.2, 0.25) is 11.8 Å². The summed E-state index contributed by atoms with van der Waals surface area (Å²) in [5.41, 5.74) is -0.468. The number of halogens is 4. The van der Waals surface area contributed by atoms with Crippen LogP contribution >= 0.6 is 11.6 Å². The van der Waals surface area contributed by atoms with E-state index in [9.17, 15) is 13.2 Å². The van der Waals surface area contributed by atoms with Gasteiger partial charge in [0, 0.05) is 6.20 Å². The lowest BCUT2D eigenvalue weighted by molar-refractivity contribution is -0.139. The second-order valence-electron chi connectivity index (χ2n) is 5.54. The number of alkyl halides is 3. The number of para-hydroxylation sites is 1. The van der Waals surface area contributed by atoms with Crippen LogP contribution in [-0.4, -0.2) is 16.1 Å². The lowest BCUT2D eigenvalue weighted by atomic mass is 10.3. The highest BCUT2D eigenvalue weighted by molar-refractivity contribution is 6.33. The molecule has 0 bridgehead atoms. The molecule has 0 atom stereocenters. The molecule has 128 valence electrons. The van der Waals surface area contributed by atoms with Crippen LogP contribution in [0.3, 0.4) is 0 Å². The first kappa shape index (κ1) is 16.8. The average molecular weight is 358 g/mol. The van der Waals surface area contributed by atoms with Crippen LogP contribution in [0.15, 0.2) is 30.5 Å². The fourth-order valence-electron chi connectivity index (χ4n) is 2.56. The molecule has 8 heteroatoms. The van der Waals surface area contributed by atoms with E-state index in [0.29, 0.717) is 10.7 Å². The molecule has 0 radical (unpaired) electrons. The number of hydrogen-bond acceptors (Lipinski definition) is 4. The molecule has 2 aromatic rings. The minimum atomic E-state index is -4.57. The first-order chi connectivity index (χ1) is 11.4. The number of aromatic nitrogens is 2. The highest BCUT2D eigenvalue weighted by Crippen LogP contribution is 2.37. The third-order valence-corrected chi connectivity index (χ3v) is 4.09. The van der Waals surface area contributed by atoms with E-state index in [1.807, 2.05) is 0 Å². The molecular formula is C16H15ClF3N3O. The summed E-state index contributed by atoms with van der Waals surface area (Å²) >= 11 is 6.03. The van der Waals surface area contributed by atoms with Crippen molar-refractivity contribution in [2.24, 2.45) is 0 Å². The Morgan fingerprint density at radius 2 is 1.88 bits per heavy atom. The second-order valence-corrected chi connectivity index (χ2v) is 5.95. The fourth-order valence-corrected chi connectivity index (χ4v) is 2.74. The smallest absolute Gasteiger partial charge is 0.423 e. The molecule has 0 saturated heterocycles. The third-order valence-electron chi connectivity index (χ3n) is 3.76. The molecule has 24 heavy (non-hydrogen) atoms. The zero-order valence-corrected chi connectivity index (χ0v) is 13.4. The minimum absolute atomic E-state index is 0.00379. The first-order valence-electron chi connectivity index (χ1n) is 7.56. The van der Waals surface area contributed by atoms with E-state index >= 15 is 0 Å². The van der Waals surface area contributed by atoms with E-state index in [-0.39, 0.29) is 12.1 Å². The van der Waals surface area contributed by atoms with Gasteiger partial charge in [-0.05, 0) is 37.8 Å². The molecule has 1 aromatic carbocycles. The Bertz CT molecular complexity index is 718. The zero-order valence-electron chi connectivity index (χ0n) is 12.6. The lowest BCUT2D eigenvalue weighted by Crippen LogP contribution is -2.18. The summed E-state index contributed by atoms with van der Waals surface area (Å²) in [5.74, 6) is -0.442. The van der Waals surface area contributed by atoms with Gasteiger partial charge in [0.25, 0.3) is 0 Å². The van der Waals surface area contributed by atoms with Crippen molar-refractivity contribution in [3.8, 4) is 5.88 Å². The van der Waals surface area contributed by atoms with Gasteiger partial charge in [-0.3, -0.25) is 0 Å². The highest BCUT2D eigenvalue weighted by atomic mass is 35.5. The van der Waals surface area contributed by atoms with Crippen LogP contribution in [0.5, 0.6) is 5.88 Å². The third kappa shape index (κ3) is 3.90. The van der Waals surface area contributed by atoms with Gasteiger partial charge in [0.15, 0.2) is 0 Å². The molecule has 1 aromatic heterocycles. The lowest BCUT2D eigenvalue weighted by Gasteiger charge is -2.17. The van der Waals surface area contributed by atoms with Gasteiger partial charge >= 0.3 is 6.18 Å². The summed E-state index contributed by atoms with van der Waals surface area (Å²) in [5, 5.41) is 3.23. The molecule has 0 spiro atoms. The molecule has 1 aliphatic rings. The van der Waals surface area contributed by atoms with Crippen molar-refractivity contribution in [1.29, 1.82) is 0 Å². The van der Waals surface area contributed by atoms with E-state index in [1.165, 1.54) is 0 Å². The van der Waals surface area contributed by atoms with Crippen LogP contribution in [0.25, 0.3) is 0 Å². The van der Waals surface area contributed by atoms with Crippen LogP contribution in [0.1, 0.15) is 31.2 Å². The SMILES string of the molecule is FC(F)(F)c1cnc(Nc2ccccc2Cl)nc1OC1CCCC1. The number of anilines is 2. The number of hydrogen-bond donors (Lipinski definition) is 1. The van der Waals surface area contributed by atoms with E-state index in [4.69, 9.17) is 16.3 Å². The second kappa shape index (κ2) is 6.84. The highest BCUT2D eigenvalue weighted by Gasteiger charge is 2.37. The summed E-state index contributed by atoms with van der Waals surface area (Å²) in [7, 11) is 0. The summed E-state index contributed by atoms with van der Waals surface area (Å²) in [6.45, 7) is 0. The normalized spacial score (nSPS) is 15.5. The van der Waals surface area contributed by atoms with Crippen LogP contribution in [-0.2, 0) is 6.18 Å². The van der Waals surface area contributed by atoms with Crippen LogP contribution in [0, 0.1) is 0 Å². The Hall–Kier alpha value is -2.02. The van der Waals surface area contributed by atoms with Crippen LogP contribution in [0.4, 0.5) is 24.8 Å². The molecule has 1 saturated carbocycles. The number of rotatable bonds is 4. The zero-order chi connectivity index (χ0) is 17.2.